The fourth-order valence-electron chi connectivity index (χ4n) is 1.32. The number of hydrogen-bond acceptors (Lipinski definition) is 4. The van der Waals surface area contributed by atoms with E-state index in [0.717, 1.165) is 17.1 Å². The molecular formula is C12H15N3S. The highest BCUT2D eigenvalue weighted by Crippen LogP contribution is 2.23. The van der Waals surface area contributed by atoms with Gasteiger partial charge in [0, 0.05) is 41.6 Å². The van der Waals surface area contributed by atoms with Crippen LogP contribution in [0.15, 0.2) is 30.7 Å². The van der Waals surface area contributed by atoms with Crippen molar-refractivity contribution in [3.63, 3.8) is 0 Å². The summed E-state index contributed by atoms with van der Waals surface area (Å²) in [6.07, 6.45) is 5.55. The average Bonchev–Trinajstić information content (AvgIpc) is 2.76. The molecular weight excluding hydrogens is 218 g/mol. The molecule has 0 unspecified atom stereocenters. The monoisotopic (exact) mass is 233 g/mol. The molecule has 3 nitrogen and oxygen atoms in total. The number of rotatable bonds is 4. The zero-order chi connectivity index (χ0) is 11.4. The number of thiazole rings is 1. The van der Waals surface area contributed by atoms with Crippen molar-refractivity contribution in [2.24, 2.45) is 0 Å². The van der Waals surface area contributed by atoms with E-state index in [1.807, 2.05) is 24.5 Å². The Bertz CT molecular complexity index is 437. The first kappa shape index (κ1) is 11.2. The lowest BCUT2D eigenvalue weighted by Gasteiger charge is -2.04. The molecule has 0 aliphatic heterocycles. The van der Waals surface area contributed by atoms with Crippen molar-refractivity contribution in [3.05, 3.63) is 35.6 Å². The van der Waals surface area contributed by atoms with E-state index in [4.69, 9.17) is 0 Å². The zero-order valence-electron chi connectivity index (χ0n) is 9.47. The second-order valence-corrected chi connectivity index (χ2v) is 5.02. The largest absolute Gasteiger partial charge is 0.310 e. The molecule has 2 rings (SSSR count). The minimum absolute atomic E-state index is 0.504. The number of aromatic nitrogens is 2. The van der Waals surface area contributed by atoms with Crippen LogP contribution in [0.5, 0.6) is 0 Å². The van der Waals surface area contributed by atoms with Gasteiger partial charge < -0.3 is 5.32 Å². The number of hydrogen-bond donors (Lipinski definition) is 1. The van der Waals surface area contributed by atoms with E-state index in [1.54, 1.807) is 17.5 Å². The van der Waals surface area contributed by atoms with Gasteiger partial charge >= 0.3 is 0 Å². The molecule has 4 heteroatoms. The quantitative estimate of drug-likeness (QED) is 0.882. The lowest BCUT2D eigenvalue weighted by atomic mass is 10.3. The molecule has 0 bridgehead atoms. The van der Waals surface area contributed by atoms with Crippen LogP contribution < -0.4 is 5.32 Å². The van der Waals surface area contributed by atoms with Gasteiger partial charge in [0.2, 0.25) is 0 Å². The molecule has 2 heterocycles. The highest BCUT2D eigenvalue weighted by atomic mass is 32.1. The highest BCUT2D eigenvalue weighted by Gasteiger charge is 2.04. The maximum atomic E-state index is 4.40. The third-order valence-corrected chi connectivity index (χ3v) is 3.19. The molecule has 1 N–H and O–H groups in total. The van der Waals surface area contributed by atoms with Crippen LogP contribution in [0.25, 0.3) is 10.6 Å². The highest BCUT2D eigenvalue weighted by molar-refractivity contribution is 7.15. The third kappa shape index (κ3) is 2.87. The van der Waals surface area contributed by atoms with Gasteiger partial charge in [0.15, 0.2) is 0 Å². The van der Waals surface area contributed by atoms with Crippen LogP contribution in [-0.2, 0) is 6.54 Å². The predicted molar refractivity (Wildman–Crippen MR) is 67.3 cm³/mol. The van der Waals surface area contributed by atoms with Crippen LogP contribution in [0.1, 0.15) is 18.7 Å². The SMILES string of the molecule is CC(C)NCc1cnc(-c2cccnc2)s1. The van der Waals surface area contributed by atoms with Crippen LogP contribution in [0, 0.1) is 0 Å². The molecule has 0 aliphatic rings. The van der Waals surface area contributed by atoms with Gasteiger partial charge in [-0.3, -0.25) is 4.98 Å². The maximum absolute atomic E-state index is 4.40. The second kappa shape index (κ2) is 5.18. The first-order valence-corrected chi connectivity index (χ1v) is 6.16. The van der Waals surface area contributed by atoms with Crippen molar-refractivity contribution in [3.8, 4) is 10.6 Å². The van der Waals surface area contributed by atoms with Crippen molar-refractivity contribution in [1.82, 2.24) is 15.3 Å². The van der Waals surface area contributed by atoms with Crippen molar-refractivity contribution >= 4 is 11.3 Å². The molecule has 0 aliphatic carbocycles. The Labute approximate surface area is 99.6 Å². The Hall–Kier alpha value is -1.26. The van der Waals surface area contributed by atoms with Gasteiger partial charge in [0.25, 0.3) is 0 Å². The molecule has 0 radical (unpaired) electrons. The van der Waals surface area contributed by atoms with Crippen molar-refractivity contribution in [2.75, 3.05) is 0 Å². The van der Waals surface area contributed by atoms with Crippen molar-refractivity contribution < 1.29 is 0 Å². The zero-order valence-corrected chi connectivity index (χ0v) is 10.3. The molecule has 2 aromatic rings. The number of nitrogens with zero attached hydrogens (tertiary/aromatic N) is 2. The van der Waals surface area contributed by atoms with Gasteiger partial charge in [-0.15, -0.1) is 11.3 Å². The lowest BCUT2D eigenvalue weighted by Crippen LogP contribution is -2.21. The van der Waals surface area contributed by atoms with Crippen molar-refractivity contribution in [2.45, 2.75) is 26.4 Å². The van der Waals surface area contributed by atoms with Gasteiger partial charge in [-0.05, 0) is 12.1 Å². The molecule has 0 amide bonds. The molecule has 0 saturated heterocycles. The summed E-state index contributed by atoms with van der Waals surface area (Å²) in [6, 6.07) is 4.47. The van der Waals surface area contributed by atoms with Crippen LogP contribution in [0.4, 0.5) is 0 Å². The number of pyridine rings is 1. The Morgan fingerprint density at radius 2 is 2.25 bits per heavy atom. The molecule has 0 fully saturated rings. The van der Waals surface area contributed by atoms with E-state index < -0.39 is 0 Å². The summed E-state index contributed by atoms with van der Waals surface area (Å²) in [4.78, 5) is 9.76. The topological polar surface area (TPSA) is 37.8 Å². The lowest BCUT2D eigenvalue weighted by molar-refractivity contribution is 0.593. The summed E-state index contributed by atoms with van der Waals surface area (Å²) in [7, 11) is 0. The summed E-state index contributed by atoms with van der Waals surface area (Å²) < 4.78 is 0. The van der Waals surface area contributed by atoms with E-state index in [1.165, 1.54) is 4.88 Å². The predicted octanol–water partition coefficient (Wildman–Crippen LogP) is 2.70. The van der Waals surface area contributed by atoms with Gasteiger partial charge in [-0.25, -0.2) is 4.98 Å². The normalized spacial score (nSPS) is 10.9. The molecule has 84 valence electrons. The van der Waals surface area contributed by atoms with E-state index in [2.05, 4.69) is 29.1 Å². The first-order chi connectivity index (χ1) is 7.75. The minimum Gasteiger partial charge on any atom is -0.310 e. The maximum Gasteiger partial charge on any atom is 0.125 e. The standard InChI is InChI=1S/C12H15N3S/c1-9(2)14-7-11-8-15-12(16-11)10-4-3-5-13-6-10/h3-6,8-9,14H,7H2,1-2H3. The Balaban J connectivity index is 2.08. The van der Waals surface area contributed by atoms with Crippen LogP contribution in [0.3, 0.4) is 0 Å². The Kier molecular flexibility index (Phi) is 3.64. The summed E-state index contributed by atoms with van der Waals surface area (Å²) >= 11 is 1.71. The first-order valence-electron chi connectivity index (χ1n) is 5.34. The average molecular weight is 233 g/mol. The third-order valence-electron chi connectivity index (χ3n) is 2.15. The van der Waals surface area contributed by atoms with E-state index in [0.29, 0.717) is 6.04 Å². The summed E-state index contributed by atoms with van der Waals surface area (Å²) in [6.45, 7) is 5.17. The van der Waals surface area contributed by atoms with E-state index >= 15 is 0 Å². The Morgan fingerprint density at radius 3 is 2.94 bits per heavy atom. The van der Waals surface area contributed by atoms with Crippen LogP contribution >= 0.6 is 11.3 Å². The fourth-order valence-corrected chi connectivity index (χ4v) is 2.17. The van der Waals surface area contributed by atoms with Gasteiger partial charge in [-0.2, -0.15) is 0 Å². The Morgan fingerprint density at radius 1 is 1.38 bits per heavy atom. The van der Waals surface area contributed by atoms with Crippen LogP contribution in [0.2, 0.25) is 0 Å². The molecule has 0 atom stereocenters. The molecule has 2 aromatic heterocycles. The molecule has 16 heavy (non-hydrogen) atoms. The molecule has 0 aromatic carbocycles. The van der Waals surface area contributed by atoms with Crippen LogP contribution in [-0.4, -0.2) is 16.0 Å². The van der Waals surface area contributed by atoms with Gasteiger partial charge in [-0.1, -0.05) is 13.8 Å². The van der Waals surface area contributed by atoms with Gasteiger partial charge in [0.05, 0.1) is 0 Å². The fraction of sp³-hybridized carbons (Fsp3) is 0.333. The number of nitrogens with one attached hydrogen (secondary N) is 1. The summed E-state index contributed by atoms with van der Waals surface area (Å²) in [5.74, 6) is 0. The molecule has 0 saturated carbocycles. The van der Waals surface area contributed by atoms with Gasteiger partial charge in [0.1, 0.15) is 5.01 Å². The van der Waals surface area contributed by atoms with E-state index in [-0.39, 0.29) is 0 Å². The summed E-state index contributed by atoms with van der Waals surface area (Å²) in [5, 5.41) is 4.42. The summed E-state index contributed by atoms with van der Waals surface area (Å²) in [5.41, 5.74) is 1.09. The smallest absolute Gasteiger partial charge is 0.125 e. The van der Waals surface area contributed by atoms with E-state index in [9.17, 15) is 0 Å². The van der Waals surface area contributed by atoms with Crippen molar-refractivity contribution in [1.29, 1.82) is 0 Å². The minimum atomic E-state index is 0.504. The second-order valence-electron chi connectivity index (χ2n) is 3.91. The molecule has 0 spiro atoms.